The summed E-state index contributed by atoms with van der Waals surface area (Å²) in [6.45, 7) is 6.68. The van der Waals surface area contributed by atoms with Crippen molar-refractivity contribution in [2.75, 3.05) is 7.11 Å². The summed E-state index contributed by atoms with van der Waals surface area (Å²) in [6, 6.07) is 10.8. The van der Waals surface area contributed by atoms with E-state index in [1.807, 2.05) is 11.4 Å². The monoisotopic (exact) mass is 289 g/mol. The van der Waals surface area contributed by atoms with E-state index in [-0.39, 0.29) is 11.5 Å². The SMILES string of the molecule is COc1csc(C(N)Cc2ccc(C(C)(C)C)cc2)c1. The first-order valence-electron chi connectivity index (χ1n) is 6.87. The largest absolute Gasteiger partial charge is 0.496 e. The number of hydrogen-bond acceptors (Lipinski definition) is 3. The number of thiophene rings is 1. The molecule has 0 saturated carbocycles. The zero-order valence-corrected chi connectivity index (χ0v) is 13.5. The number of ether oxygens (including phenoxy) is 1. The molecular weight excluding hydrogens is 266 g/mol. The maximum atomic E-state index is 6.27. The van der Waals surface area contributed by atoms with Crippen LogP contribution in [0.5, 0.6) is 5.75 Å². The third-order valence-corrected chi connectivity index (χ3v) is 4.52. The molecule has 0 aliphatic carbocycles. The van der Waals surface area contributed by atoms with Crippen molar-refractivity contribution in [3.8, 4) is 5.75 Å². The predicted molar refractivity (Wildman–Crippen MR) is 86.6 cm³/mol. The zero-order chi connectivity index (χ0) is 14.8. The van der Waals surface area contributed by atoms with Gasteiger partial charge in [0.05, 0.1) is 7.11 Å². The highest BCUT2D eigenvalue weighted by Crippen LogP contribution is 2.28. The second kappa shape index (κ2) is 5.98. The van der Waals surface area contributed by atoms with Gasteiger partial charge in [-0.15, -0.1) is 11.3 Å². The lowest BCUT2D eigenvalue weighted by Crippen LogP contribution is -2.13. The molecule has 20 heavy (non-hydrogen) atoms. The van der Waals surface area contributed by atoms with Crippen molar-refractivity contribution in [1.29, 1.82) is 0 Å². The van der Waals surface area contributed by atoms with Gasteiger partial charge >= 0.3 is 0 Å². The summed E-state index contributed by atoms with van der Waals surface area (Å²) in [4.78, 5) is 1.17. The van der Waals surface area contributed by atoms with Crippen LogP contribution in [0.3, 0.4) is 0 Å². The van der Waals surface area contributed by atoms with Gasteiger partial charge in [0.15, 0.2) is 0 Å². The van der Waals surface area contributed by atoms with E-state index in [4.69, 9.17) is 10.5 Å². The summed E-state index contributed by atoms with van der Waals surface area (Å²) >= 11 is 1.66. The molecule has 0 aliphatic heterocycles. The zero-order valence-electron chi connectivity index (χ0n) is 12.6. The maximum Gasteiger partial charge on any atom is 0.129 e. The number of nitrogens with two attached hydrogens (primary N) is 1. The summed E-state index contributed by atoms with van der Waals surface area (Å²) < 4.78 is 5.20. The van der Waals surface area contributed by atoms with Crippen LogP contribution in [0.2, 0.25) is 0 Å². The molecule has 0 radical (unpaired) electrons. The van der Waals surface area contributed by atoms with Gasteiger partial charge < -0.3 is 10.5 Å². The van der Waals surface area contributed by atoms with Crippen LogP contribution in [0.25, 0.3) is 0 Å². The molecule has 108 valence electrons. The fourth-order valence-electron chi connectivity index (χ4n) is 2.13. The first-order chi connectivity index (χ1) is 9.40. The fraction of sp³-hybridized carbons (Fsp3) is 0.412. The second-order valence-corrected chi connectivity index (χ2v) is 7.09. The van der Waals surface area contributed by atoms with Gasteiger partial charge in [0.25, 0.3) is 0 Å². The normalized spacial score (nSPS) is 13.2. The van der Waals surface area contributed by atoms with E-state index in [0.29, 0.717) is 0 Å². The van der Waals surface area contributed by atoms with Crippen LogP contribution in [0.15, 0.2) is 35.7 Å². The Labute approximate surface area is 125 Å². The van der Waals surface area contributed by atoms with E-state index in [1.165, 1.54) is 16.0 Å². The second-order valence-electron chi connectivity index (χ2n) is 6.15. The highest BCUT2D eigenvalue weighted by Gasteiger charge is 2.14. The van der Waals surface area contributed by atoms with E-state index in [0.717, 1.165) is 12.2 Å². The van der Waals surface area contributed by atoms with E-state index < -0.39 is 0 Å². The van der Waals surface area contributed by atoms with Crippen molar-refractivity contribution >= 4 is 11.3 Å². The molecule has 1 atom stereocenters. The van der Waals surface area contributed by atoms with E-state index >= 15 is 0 Å². The minimum absolute atomic E-state index is 0.0318. The van der Waals surface area contributed by atoms with Gasteiger partial charge in [0.2, 0.25) is 0 Å². The molecule has 0 spiro atoms. The molecule has 2 aromatic rings. The van der Waals surface area contributed by atoms with Crippen LogP contribution in [-0.4, -0.2) is 7.11 Å². The van der Waals surface area contributed by atoms with Gasteiger partial charge in [0, 0.05) is 16.3 Å². The summed E-state index contributed by atoms with van der Waals surface area (Å²) in [5.74, 6) is 0.892. The van der Waals surface area contributed by atoms with Crippen molar-refractivity contribution in [3.05, 3.63) is 51.7 Å². The average Bonchev–Trinajstić information content (AvgIpc) is 2.87. The molecule has 2 N–H and O–H groups in total. The molecule has 0 amide bonds. The third-order valence-electron chi connectivity index (χ3n) is 3.47. The lowest BCUT2D eigenvalue weighted by molar-refractivity contribution is 0.416. The van der Waals surface area contributed by atoms with Crippen LogP contribution in [0, 0.1) is 0 Å². The lowest BCUT2D eigenvalue weighted by atomic mass is 9.86. The third kappa shape index (κ3) is 3.62. The van der Waals surface area contributed by atoms with E-state index in [1.54, 1.807) is 18.4 Å². The Balaban J connectivity index is 2.06. The predicted octanol–water partition coefficient (Wildman–Crippen LogP) is 4.30. The Kier molecular flexibility index (Phi) is 4.51. The van der Waals surface area contributed by atoms with E-state index in [9.17, 15) is 0 Å². The standard InChI is InChI=1S/C17H23NOS/c1-17(2,3)13-7-5-12(6-8-13)9-15(18)16-10-14(19-4)11-20-16/h5-8,10-11,15H,9,18H2,1-4H3. The molecule has 0 bridgehead atoms. The quantitative estimate of drug-likeness (QED) is 0.911. The van der Waals surface area contributed by atoms with Gasteiger partial charge in [0.1, 0.15) is 5.75 Å². The molecule has 0 aliphatic rings. The Hall–Kier alpha value is -1.32. The van der Waals surface area contributed by atoms with Crippen molar-refractivity contribution < 1.29 is 4.74 Å². The molecule has 1 aromatic heterocycles. The highest BCUT2D eigenvalue weighted by atomic mass is 32.1. The molecule has 1 unspecified atom stereocenters. The summed E-state index contributed by atoms with van der Waals surface area (Å²) in [5, 5.41) is 2.00. The average molecular weight is 289 g/mol. The van der Waals surface area contributed by atoms with Gasteiger partial charge in [-0.1, -0.05) is 45.0 Å². The summed E-state index contributed by atoms with van der Waals surface area (Å²) in [5.41, 5.74) is 9.10. The maximum absolute atomic E-state index is 6.27. The van der Waals surface area contributed by atoms with Crippen LogP contribution >= 0.6 is 11.3 Å². The molecule has 0 saturated heterocycles. The van der Waals surface area contributed by atoms with Gasteiger partial charge in [-0.05, 0) is 29.0 Å². The smallest absolute Gasteiger partial charge is 0.129 e. The molecule has 0 fully saturated rings. The Bertz CT molecular complexity index is 551. The van der Waals surface area contributed by atoms with Gasteiger partial charge in [-0.3, -0.25) is 0 Å². The summed E-state index contributed by atoms with van der Waals surface area (Å²) in [7, 11) is 1.68. The van der Waals surface area contributed by atoms with Crippen molar-refractivity contribution in [2.45, 2.75) is 38.6 Å². The minimum atomic E-state index is 0.0318. The number of benzene rings is 1. The summed E-state index contributed by atoms with van der Waals surface area (Å²) in [6.07, 6.45) is 0.855. The van der Waals surface area contributed by atoms with Gasteiger partial charge in [-0.2, -0.15) is 0 Å². The molecule has 2 nitrogen and oxygen atoms in total. The number of rotatable bonds is 4. The van der Waals surface area contributed by atoms with Crippen LogP contribution in [0.4, 0.5) is 0 Å². The molecular formula is C17H23NOS. The van der Waals surface area contributed by atoms with Crippen molar-refractivity contribution in [1.82, 2.24) is 0 Å². The van der Waals surface area contributed by atoms with Crippen LogP contribution in [-0.2, 0) is 11.8 Å². The van der Waals surface area contributed by atoms with E-state index in [2.05, 4.69) is 45.0 Å². The highest BCUT2D eigenvalue weighted by molar-refractivity contribution is 7.10. The van der Waals surface area contributed by atoms with Crippen molar-refractivity contribution in [2.24, 2.45) is 5.73 Å². The Morgan fingerprint density at radius 3 is 2.35 bits per heavy atom. The Morgan fingerprint density at radius 1 is 1.20 bits per heavy atom. The molecule has 2 rings (SSSR count). The molecule has 1 heterocycles. The van der Waals surface area contributed by atoms with Gasteiger partial charge in [-0.25, -0.2) is 0 Å². The number of methoxy groups -OCH3 is 1. The van der Waals surface area contributed by atoms with Crippen molar-refractivity contribution in [3.63, 3.8) is 0 Å². The van der Waals surface area contributed by atoms with Crippen LogP contribution < -0.4 is 10.5 Å². The first-order valence-corrected chi connectivity index (χ1v) is 7.75. The number of hydrogen-bond donors (Lipinski definition) is 1. The Morgan fingerprint density at radius 2 is 1.85 bits per heavy atom. The molecule has 3 heteroatoms. The molecule has 1 aromatic carbocycles. The lowest BCUT2D eigenvalue weighted by Gasteiger charge is -2.19. The first kappa shape index (κ1) is 15.1. The fourth-order valence-corrected chi connectivity index (χ4v) is 2.99. The van der Waals surface area contributed by atoms with Crippen LogP contribution in [0.1, 0.15) is 42.8 Å². The minimum Gasteiger partial charge on any atom is -0.496 e. The topological polar surface area (TPSA) is 35.2 Å².